The summed E-state index contributed by atoms with van der Waals surface area (Å²) in [6.07, 6.45) is 3.84. The predicted molar refractivity (Wildman–Crippen MR) is 87.3 cm³/mol. The Hall–Kier alpha value is -1.26. The first-order chi connectivity index (χ1) is 10.0. The van der Waals surface area contributed by atoms with Crippen molar-refractivity contribution in [2.75, 3.05) is 6.54 Å². The van der Waals surface area contributed by atoms with Crippen molar-refractivity contribution in [2.24, 2.45) is 5.92 Å². The van der Waals surface area contributed by atoms with Gasteiger partial charge in [0.1, 0.15) is 5.82 Å². The molecule has 0 amide bonds. The Morgan fingerprint density at radius 3 is 2.71 bits per heavy atom. The molecule has 0 bridgehead atoms. The van der Waals surface area contributed by atoms with Gasteiger partial charge in [0.05, 0.1) is 5.01 Å². The number of hydrogen-bond donors (Lipinski definition) is 1. The molecule has 1 unspecified atom stereocenters. The molecule has 1 N–H and O–H groups in total. The van der Waals surface area contributed by atoms with E-state index in [1.807, 2.05) is 19.2 Å². The molecule has 0 saturated heterocycles. The van der Waals surface area contributed by atoms with Gasteiger partial charge < -0.3 is 5.32 Å². The van der Waals surface area contributed by atoms with Crippen molar-refractivity contribution in [1.29, 1.82) is 0 Å². The average Bonchev–Trinajstić information content (AvgIpc) is 2.81. The molecule has 21 heavy (non-hydrogen) atoms. The van der Waals surface area contributed by atoms with E-state index >= 15 is 0 Å². The van der Waals surface area contributed by atoms with E-state index in [4.69, 9.17) is 0 Å². The predicted octanol–water partition coefficient (Wildman–Crippen LogP) is 3.99. The molecule has 0 fully saturated rings. The first-order valence-corrected chi connectivity index (χ1v) is 8.23. The topological polar surface area (TPSA) is 24.9 Å². The van der Waals surface area contributed by atoms with E-state index in [1.54, 1.807) is 23.5 Å². The minimum absolute atomic E-state index is 0.156. The number of aryl methyl sites for hydroxylation is 1. The van der Waals surface area contributed by atoms with E-state index in [-0.39, 0.29) is 5.82 Å². The van der Waals surface area contributed by atoms with Crippen LogP contribution < -0.4 is 5.32 Å². The van der Waals surface area contributed by atoms with Gasteiger partial charge in [-0.3, -0.25) is 0 Å². The lowest BCUT2D eigenvalue weighted by molar-refractivity contribution is 0.445. The summed E-state index contributed by atoms with van der Waals surface area (Å²) in [5.74, 6) is 0.297. The first-order valence-electron chi connectivity index (χ1n) is 7.42. The highest BCUT2D eigenvalue weighted by Crippen LogP contribution is 2.19. The molecule has 0 aliphatic heterocycles. The second-order valence-electron chi connectivity index (χ2n) is 5.81. The molecule has 0 saturated carbocycles. The fraction of sp³-hybridized carbons (Fsp3) is 0.471. The number of aromatic nitrogens is 1. The summed E-state index contributed by atoms with van der Waals surface area (Å²) in [4.78, 5) is 5.63. The van der Waals surface area contributed by atoms with Crippen LogP contribution in [-0.4, -0.2) is 17.6 Å². The maximum absolute atomic E-state index is 13.3. The molecule has 2 rings (SSSR count). The Morgan fingerprint density at radius 1 is 1.29 bits per heavy atom. The number of halogens is 1. The van der Waals surface area contributed by atoms with Crippen molar-refractivity contribution in [3.8, 4) is 0 Å². The average molecular weight is 306 g/mol. The highest BCUT2D eigenvalue weighted by molar-refractivity contribution is 7.11. The Kier molecular flexibility index (Phi) is 5.88. The van der Waals surface area contributed by atoms with Crippen molar-refractivity contribution < 1.29 is 4.39 Å². The zero-order chi connectivity index (χ0) is 15.2. The Balaban J connectivity index is 2.04. The fourth-order valence-corrected chi connectivity index (χ4v) is 3.31. The largest absolute Gasteiger partial charge is 0.314 e. The van der Waals surface area contributed by atoms with Gasteiger partial charge in [-0.25, -0.2) is 9.37 Å². The highest BCUT2D eigenvalue weighted by Gasteiger charge is 2.13. The molecule has 1 atom stereocenters. The zero-order valence-corrected chi connectivity index (χ0v) is 13.7. The summed E-state index contributed by atoms with van der Waals surface area (Å²) in [5.41, 5.74) is 1.06. The van der Waals surface area contributed by atoms with Crippen molar-refractivity contribution in [3.63, 3.8) is 0 Å². The molecule has 0 aliphatic rings. The van der Waals surface area contributed by atoms with Gasteiger partial charge in [0.25, 0.3) is 0 Å². The van der Waals surface area contributed by atoms with Gasteiger partial charge in [0.2, 0.25) is 0 Å². The second-order valence-corrected chi connectivity index (χ2v) is 7.13. The third kappa shape index (κ3) is 5.56. The molecular formula is C17H23FN2S. The SMILES string of the molecule is Cc1ncc(CC(CNC(C)C)Cc2cccc(F)c2)s1. The molecule has 2 aromatic rings. The third-order valence-electron chi connectivity index (χ3n) is 3.39. The molecule has 0 radical (unpaired) electrons. The van der Waals surface area contributed by atoms with Crippen LogP contribution in [0.2, 0.25) is 0 Å². The quantitative estimate of drug-likeness (QED) is 0.836. The number of thiazole rings is 1. The molecule has 0 aliphatic carbocycles. The van der Waals surface area contributed by atoms with Gasteiger partial charge in [-0.2, -0.15) is 0 Å². The molecule has 1 aromatic heterocycles. The van der Waals surface area contributed by atoms with Crippen LogP contribution in [-0.2, 0) is 12.8 Å². The zero-order valence-electron chi connectivity index (χ0n) is 12.9. The maximum atomic E-state index is 13.3. The summed E-state index contributed by atoms with van der Waals surface area (Å²) < 4.78 is 13.3. The Labute approximate surface area is 130 Å². The summed E-state index contributed by atoms with van der Waals surface area (Å²) in [6, 6.07) is 7.39. The second kappa shape index (κ2) is 7.66. The molecule has 114 valence electrons. The van der Waals surface area contributed by atoms with Crippen LogP contribution in [0.25, 0.3) is 0 Å². The first kappa shape index (κ1) is 16.1. The Morgan fingerprint density at radius 2 is 2.10 bits per heavy atom. The number of hydrogen-bond acceptors (Lipinski definition) is 3. The van der Waals surface area contributed by atoms with Crippen LogP contribution in [0, 0.1) is 18.7 Å². The van der Waals surface area contributed by atoms with Crippen LogP contribution >= 0.6 is 11.3 Å². The van der Waals surface area contributed by atoms with Crippen molar-refractivity contribution >= 4 is 11.3 Å². The van der Waals surface area contributed by atoms with Gasteiger partial charge in [0, 0.05) is 17.1 Å². The Bertz CT molecular complexity index is 565. The van der Waals surface area contributed by atoms with Crippen LogP contribution in [0.15, 0.2) is 30.5 Å². The normalized spacial score (nSPS) is 12.8. The fourth-order valence-electron chi connectivity index (χ4n) is 2.40. The van der Waals surface area contributed by atoms with Gasteiger partial charge >= 0.3 is 0 Å². The van der Waals surface area contributed by atoms with E-state index in [2.05, 4.69) is 24.1 Å². The van der Waals surface area contributed by atoms with E-state index in [9.17, 15) is 4.39 Å². The number of nitrogens with one attached hydrogen (secondary N) is 1. The molecule has 4 heteroatoms. The van der Waals surface area contributed by atoms with Crippen LogP contribution in [0.5, 0.6) is 0 Å². The van der Waals surface area contributed by atoms with E-state index in [0.717, 1.165) is 30.0 Å². The summed E-state index contributed by atoms with van der Waals surface area (Å²) in [7, 11) is 0. The van der Waals surface area contributed by atoms with Crippen molar-refractivity contribution in [3.05, 3.63) is 51.7 Å². The summed E-state index contributed by atoms with van der Waals surface area (Å²) >= 11 is 1.75. The third-order valence-corrected chi connectivity index (χ3v) is 4.32. The minimum Gasteiger partial charge on any atom is -0.314 e. The highest BCUT2D eigenvalue weighted by atomic mass is 32.1. The lowest BCUT2D eigenvalue weighted by atomic mass is 9.95. The van der Waals surface area contributed by atoms with Crippen LogP contribution in [0.4, 0.5) is 4.39 Å². The lowest BCUT2D eigenvalue weighted by Crippen LogP contribution is -2.30. The van der Waals surface area contributed by atoms with Crippen molar-refractivity contribution in [2.45, 2.75) is 39.7 Å². The monoisotopic (exact) mass is 306 g/mol. The van der Waals surface area contributed by atoms with Gasteiger partial charge in [-0.05, 0) is 49.9 Å². The van der Waals surface area contributed by atoms with E-state index in [1.165, 1.54) is 10.9 Å². The van der Waals surface area contributed by atoms with Crippen molar-refractivity contribution in [1.82, 2.24) is 10.3 Å². The smallest absolute Gasteiger partial charge is 0.123 e. The van der Waals surface area contributed by atoms with Crippen LogP contribution in [0.3, 0.4) is 0 Å². The summed E-state index contributed by atoms with van der Waals surface area (Å²) in [6.45, 7) is 7.26. The maximum Gasteiger partial charge on any atom is 0.123 e. The van der Waals surface area contributed by atoms with E-state index < -0.39 is 0 Å². The van der Waals surface area contributed by atoms with Gasteiger partial charge in [-0.15, -0.1) is 11.3 Å². The number of benzene rings is 1. The minimum atomic E-state index is -0.156. The lowest BCUT2D eigenvalue weighted by Gasteiger charge is -2.19. The molecule has 2 nitrogen and oxygen atoms in total. The van der Waals surface area contributed by atoms with Gasteiger partial charge in [0.15, 0.2) is 0 Å². The van der Waals surface area contributed by atoms with E-state index in [0.29, 0.717) is 12.0 Å². The summed E-state index contributed by atoms with van der Waals surface area (Å²) in [5, 5.41) is 4.60. The molecule has 1 heterocycles. The number of rotatable bonds is 7. The van der Waals surface area contributed by atoms with Crippen LogP contribution in [0.1, 0.15) is 29.3 Å². The van der Waals surface area contributed by atoms with Gasteiger partial charge in [-0.1, -0.05) is 26.0 Å². The standard InChI is InChI=1S/C17H23FN2S/c1-12(2)19-10-15(9-17-11-20-13(3)21-17)7-14-5-4-6-16(18)8-14/h4-6,8,11-12,15,19H,7,9-10H2,1-3H3. The number of nitrogens with zero attached hydrogens (tertiary/aromatic N) is 1. The molecule has 1 aromatic carbocycles. The molecule has 0 spiro atoms. The molecular weight excluding hydrogens is 283 g/mol.